The standard InChI is InChI=1S/C18H21ClN4O2/c19-16-6-4-14(5-7-16)12-21-13-15(11-20)18(25)22-8-2-10-23-9-1-3-17(23)24/h4-7,13,21H,1-3,8-10,12H2,(H,22,25)/b15-13-. The first-order valence-corrected chi connectivity index (χ1v) is 8.62. The van der Waals surface area contributed by atoms with Crippen LogP contribution >= 0.6 is 11.6 Å². The van der Waals surface area contributed by atoms with Crippen molar-refractivity contribution < 1.29 is 9.59 Å². The molecule has 0 unspecified atom stereocenters. The van der Waals surface area contributed by atoms with Crippen molar-refractivity contribution in [3.05, 3.63) is 46.6 Å². The summed E-state index contributed by atoms with van der Waals surface area (Å²) in [5.41, 5.74) is 1.01. The van der Waals surface area contributed by atoms with Gasteiger partial charge in [-0.25, -0.2) is 0 Å². The van der Waals surface area contributed by atoms with Gasteiger partial charge in [0.1, 0.15) is 11.6 Å². The molecule has 7 heteroatoms. The molecular formula is C18H21ClN4O2. The van der Waals surface area contributed by atoms with Crippen molar-refractivity contribution in [2.75, 3.05) is 19.6 Å². The van der Waals surface area contributed by atoms with Gasteiger partial charge in [0.05, 0.1) is 0 Å². The minimum atomic E-state index is -0.418. The fourth-order valence-corrected chi connectivity index (χ4v) is 2.66. The molecule has 1 aromatic carbocycles. The van der Waals surface area contributed by atoms with Crippen LogP contribution in [0.25, 0.3) is 0 Å². The third kappa shape index (κ3) is 6.12. The smallest absolute Gasteiger partial charge is 0.263 e. The number of hydrogen-bond acceptors (Lipinski definition) is 4. The highest BCUT2D eigenvalue weighted by Gasteiger charge is 2.19. The van der Waals surface area contributed by atoms with Gasteiger partial charge in [-0.1, -0.05) is 23.7 Å². The Morgan fingerprint density at radius 3 is 2.76 bits per heavy atom. The molecule has 0 saturated carbocycles. The molecule has 1 aliphatic heterocycles. The molecule has 0 bridgehead atoms. The minimum Gasteiger partial charge on any atom is -0.386 e. The maximum absolute atomic E-state index is 12.0. The molecule has 0 atom stereocenters. The van der Waals surface area contributed by atoms with Gasteiger partial charge in [0.15, 0.2) is 0 Å². The number of rotatable bonds is 8. The van der Waals surface area contributed by atoms with Crippen LogP contribution in [0.2, 0.25) is 5.02 Å². The highest BCUT2D eigenvalue weighted by atomic mass is 35.5. The number of hydrogen-bond donors (Lipinski definition) is 2. The van der Waals surface area contributed by atoms with Crippen LogP contribution < -0.4 is 10.6 Å². The van der Waals surface area contributed by atoms with Gasteiger partial charge in [-0.15, -0.1) is 0 Å². The fraction of sp³-hybridized carbons (Fsp3) is 0.389. The van der Waals surface area contributed by atoms with Crippen molar-refractivity contribution in [2.45, 2.75) is 25.8 Å². The van der Waals surface area contributed by atoms with E-state index in [0.29, 0.717) is 37.5 Å². The van der Waals surface area contributed by atoms with Crippen LogP contribution in [-0.4, -0.2) is 36.3 Å². The Labute approximate surface area is 152 Å². The molecule has 2 amide bonds. The Kier molecular flexibility index (Phi) is 7.30. The topological polar surface area (TPSA) is 85.2 Å². The summed E-state index contributed by atoms with van der Waals surface area (Å²) in [6.45, 7) is 2.36. The zero-order valence-electron chi connectivity index (χ0n) is 13.9. The second-order valence-corrected chi connectivity index (χ2v) is 6.21. The lowest BCUT2D eigenvalue weighted by molar-refractivity contribution is -0.127. The molecule has 2 N–H and O–H groups in total. The van der Waals surface area contributed by atoms with Crippen LogP contribution in [0.3, 0.4) is 0 Å². The van der Waals surface area contributed by atoms with Crippen molar-refractivity contribution in [3.63, 3.8) is 0 Å². The predicted octanol–water partition coefficient (Wildman–Crippen LogP) is 1.97. The molecular weight excluding hydrogens is 340 g/mol. The van der Waals surface area contributed by atoms with E-state index in [-0.39, 0.29) is 11.5 Å². The number of nitrogens with one attached hydrogen (secondary N) is 2. The fourth-order valence-electron chi connectivity index (χ4n) is 2.53. The van der Waals surface area contributed by atoms with Crippen molar-refractivity contribution in [1.29, 1.82) is 5.26 Å². The largest absolute Gasteiger partial charge is 0.386 e. The number of nitrogens with zero attached hydrogens (tertiary/aromatic N) is 2. The normalized spacial score (nSPS) is 14.3. The van der Waals surface area contributed by atoms with E-state index >= 15 is 0 Å². The molecule has 1 heterocycles. The van der Waals surface area contributed by atoms with Gasteiger partial charge in [0.25, 0.3) is 5.91 Å². The van der Waals surface area contributed by atoms with Crippen LogP contribution in [-0.2, 0) is 16.1 Å². The summed E-state index contributed by atoms with van der Waals surface area (Å²) in [4.78, 5) is 25.3. The quantitative estimate of drug-likeness (QED) is 0.421. The summed E-state index contributed by atoms with van der Waals surface area (Å²) in [7, 11) is 0. The Morgan fingerprint density at radius 1 is 1.36 bits per heavy atom. The van der Waals surface area contributed by atoms with E-state index in [1.807, 2.05) is 18.2 Å². The average molecular weight is 361 g/mol. The number of carbonyl (C=O) groups excluding carboxylic acids is 2. The van der Waals surface area contributed by atoms with Crippen LogP contribution in [0.15, 0.2) is 36.0 Å². The lowest BCUT2D eigenvalue weighted by Crippen LogP contribution is -2.31. The van der Waals surface area contributed by atoms with Gasteiger partial charge < -0.3 is 15.5 Å². The molecule has 1 aromatic rings. The zero-order chi connectivity index (χ0) is 18.1. The summed E-state index contributed by atoms with van der Waals surface area (Å²) >= 11 is 5.82. The third-order valence-electron chi connectivity index (χ3n) is 3.89. The number of benzene rings is 1. The molecule has 0 aliphatic carbocycles. The van der Waals surface area contributed by atoms with E-state index in [0.717, 1.165) is 18.5 Å². The van der Waals surface area contributed by atoms with Crippen LogP contribution in [0, 0.1) is 11.3 Å². The first-order valence-electron chi connectivity index (χ1n) is 8.24. The molecule has 25 heavy (non-hydrogen) atoms. The number of halogens is 1. The highest BCUT2D eigenvalue weighted by molar-refractivity contribution is 6.30. The Bertz CT molecular complexity index is 679. The van der Waals surface area contributed by atoms with Crippen molar-refractivity contribution in [3.8, 4) is 6.07 Å². The summed E-state index contributed by atoms with van der Waals surface area (Å²) < 4.78 is 0. The second-order valence-electron chi connectivity index (χ2n) is 5.77. The lowest BCUT2D eigenvalue weighted by Gasteiger charge is -2.15. The van der Waals surface area contributed by atoms with Gasteiger partial charge in [0, 0.05) is 43.8 Å². The molecule has 1 saturated heterocycles. The molecule has 0 aromatic heterocycles. The van der Waals surface area contributed by atoms with E-state index < -0.39 is 5.91 Å². The van der Waals surface area contributed by atoms with E-state index in [9.17, 15) is 9.59 Å². The number of likely N-dealkylation sites (tertiary alicyclic amines) is 1. The van der Waals surface area contributed by atoms with Gasteiger partial charge in [-0.2, -0.15) is 5.26 Å². The van der Waals surface area contributed by atoms with E-state index in [2.05, 4.69) is 10.6 Å². The zero-order valence-corrected chi connectivity index (χ0v) is 14.7. The van der Waals surface area contributed by atoms with Gasteiger partial charge in [-0.05, 0) is 30.5 Å². The SMILES string of the molecule is N#C/C(=C/NCc1ccc(Cl)cc1)C(=O)NCCCN1CCCC1=O. The van der Waals surface area contributed by atoms with E-state index in [1.54, 1.807) is 17.0 Å². The van der Waals surface area contributed by atoms with Crippen molar-refractivity contribution >= 4 is 23.4 Å². The summed E-state index contributed by atoms with van der Waals surface area (Å²) in [6.07, 6.45) is 3.61. The van der Waals surface area contributed by atoms with Crippen LogP contribution in [0.1, 0.15) is 24.8 Å². The first kappa shape index (κ1) is 18.8. The van der Waals surface area contributed by atoms with Crippen LogP contribution in [0.4, 0.5) is 0 Å². The first-order chi connectivity index (χ1) is 12.1. The maximum Gasteiger partial charge on any atom is 0.263 e. The van der Waals surface area contributed by atoms with Gasteiger partial charge in [-0.3, -0.25) is 9.59 Å². The number of nitriles is 1. The van der Waals surface area contributed by atoms with Gasteiger partial charge >= 0.3 is 0 Å². The van der Waals surface area contributed by atoms with Crippen molar-refractivity contribution in [1.82, 2.24) is 15.5 Å². The van der Waals surface area contributed by atoms with E-state index in [1.165, 1.54) is 6.20 Å². The van der Waals surface area contributed by atoms with Crippen LogP contribution in [0.5, 0.6) is 0 Å². The maximum atomic E-state index is 12.0. The monoisotopic (exact) mass is 360 g/mol. The second kappa shape index (κ2) is 9.70. The highest BCUT2D eigenvalue weighted by Crippen LogP contribution is 2.10. The Balaban J connectivity index is 1.71. The average Bonchev–Trinajstić information content (AvgIpc) is 3.02. The lowest BCUT2D eigenvalue weighted by atomic mass is 10.2. The third-order valence-corrected chi connectivity index (χ3v) is 4.14. The Morgan fingerprint density at radius 2 is 2.12 bits per heavy atom. The molecule has 0 radical (unpaired) electrons. The van der Waals surface area contributed by atoms with Gasteiger partial charge in [0.2, 0.25) is 5.91 Å². The minimum absolute atomic E-state index is 0.0196. The number of carbonyl (C=O) groups is 2. The van der Waals surface area contributed by atoms with Crippen molar-refractivity contribution in [2.24, 2.45) is 0 Å². The predicted molar refractivity (Wildman–Crippen MR) is 95.4 cm³/mol. The molecule has 132 valence electrons. The summed E-state index contributed by atoms with van der Waals surface area (Å²) in [5, 5.41) is 15.4. The summed E-state index contributed by atoms with van der Waals surface area (Å²) in [6, 6.07) is 9.19. The molecule has 2 rings (SSSR count). The molecule has 1 aliphatic rings. The molecule has 0 spiro atoms. The number of amides is 2. The summed E-state index contributed by atoms with van der Waals surface area (Å²) in [5.74, 6) is -0.241. The molecule has 6 nitrogen and oxygen atoms in total. The molecule has 1 fully saturated rings. The van der Waals surface area contributed by atoms with E-state index in [4.69, 9.17) is 16.9 Å². The Hall–Kier alpha value is -2.52.